The van der Waals surface area contributed by atoms with Crippen molar-refractivity contribution >= 4 is 11.8 Å². The van der Waals surface area contributed by atoms with Crippen LogP contribution in [0.1, 0.15) is 19.3 Å². The third-order valence-corrected chi connectivity index (χ3v) is 3.58. The lowest BCUT2D eigenvalue weighted by Crippen LogP contribution is -2.11. The minimum absolute atomic E-state index is 0.767. The molecule has 0 aromatic carbocycles. The van der Waals surface area contributed by atoms with Crippen LogP contribution in [-0.2, 0) is 0 Å². The van der Waals surface area contributed by atoms with E-state index in [9.17, 15) is 0 Å². The summed E-state index contributed by atoms with van der Waals surface area (Å²) in [5.74, 6) is 1.34. The van der Waals surface area contributed by atoms with Gasteiger partial charge in [-0.05, 0) is 38.6 Å². The van der Waals surface area contributed by atoms with Crippen LogP contribution in [0, 0.1) is 0 Å². The van der Waals surface area contributed by atoms with Crippen LogP contribution in [0.5, 0.6) is 0 Å². The Balaban J connectivity index is 2.17. The molecule has 0 bridgehead atoms. The predicted octanol–water partition coefficient (Wildman–Crippen LogP) is 2.05. The van der Waals surface area contributed by atoms with Crippen LogP contribution < -0.4 is 5.32 Å². The molecule has 1 saturated heterocycles. The van der Waals surface area contributed by atoms with E-state index in [1.54, 1.807) is 0 Å². The first-order valence-electron chi connectivity index (χ1n) is 4.28. The fourth-order valence-corrected chi connectivity index (χ4v) is 2.65. The fourth-order valence-electron chi connectivity index (χ4n) is 1.35. The van der Waals surface area contributed by atoms with Crippen LogP contribution in [0.2, 0.25) is 0 Å². The number of hydrogen-bond acceptors (Lipinski definition) is 2. The van der Waals surface area contributed by atoms with Crippen molar-refractivity contribution in [2.24, 2.45) is 0 Å². The Hall–Kier alpha value is 0.0500. The van der Waals surface area contributed by atoms with E-state index in [1.165, 1.54) is 24.2 Å². The van der Waals surface area contributed by atoms with Crippen molar-refractivity contribution < 1.29 is 0 Å². The van der Waals surface area contributed by atoms with Gasteiger partial charge in [0.25, 0.3) is 0 Å². The van der Waals surface area contributed by atoms with Gasteiger partial charge < -0.3 is 5.32 Å². The molecule has 1 fully saturated rings. The maximum Gasteiger partial charge on any atom is 0.0254 e. The van der Waals surface area contributed by atoms with Crippen molar-refractivity contribution in [3.8, 4) is 0 Å². The second kappa shape index (κ2) is 4.83. The largest absolute Gasteiger partial charge is 0.319 e. The summed E-state index contributed by atoms with van der Waals surface area (Å²) in [6.07, 6.45) is 3.88. The summed E-state index contributed by atoms with van der Waals surface area (Å²) < 4.78 is 0. The zero-order chi connectivity index (χ0) is 8.10. The first-order chi connectivity index (χ1) is 5.34. The van der Waals surface area contributed by atoms with Gasteiger partial charge in [-0.1, -0.05) is 12.2 Å². The molecule has 1 rings (SSSR count). The molecule has 1 heterocycles. The fraction of sp³-hybridized carbons (Fsp3) is 0.778. The third kappa shape index (κ3) is 2.88. The molecule has 64 valence electrons. The summed E-state index contributed by atoms with van der Waals surface area (Å²) in [6.45, 7) is 5.19. The number of rotatable bonds is 4. The van der Waals surface area contributed by atoms with E-state index in [-0.39, 0.29) is 0 Å². The highest BCUT2D eigenvalue weighted by atomic mass is 32.2. The molecule has 0 aliphatic carbocycles. The molecule has 0 saturated carbocycles. The minimum atomic E-state index is 0.767. The Kier molecular flexibility index (Phi) is 4.02. The second-order valence-corrected chi connectivity index (χ2v) is 4.32. The predicted molar refractivity (Wildman–Crippen MR) is 53.2 cm³/mol. The number of nitrogens with one attached hydrogen (secondary N) is 1. The van der Waals surface area contributed by atoms with E-state index in [1.807, 2.05) is 7.05 Å². The molecule has 0 amide bonds. The molecule has 0 radical (unpaired) electrons. The first-order valence-corrected chi connectivity index (χ1v) is 5.33. The van der Waals surface area contributed by atoms with E-state index in [0.717, 1.165) is 18.2 Å². The lowest BCUT2D eigenvalue weighted by Gasteiger charge is -2.11. The molecular weight excluding hydrogens is 154 g/mol. The van der Waals surface area contributed by atoms with E-state index in [4.69, 9.17) is 0 Å². The molecule has 1 aliphatic rings. The van der Waals surface area contributed by atoms with Crippen molar-refractivity contribution in [3.63, 3.8) is 0 Å². The van der Waals surface area contributed by atoms with Gasteiger partial charge in [-0.25, -0.2) is 0 Å². The second-order valence-electron chi connectivity index (χ2n) is 3.01. The van der Waals surface area contributed by atoms with Gasteiger partial charge in [-0.2, -0.15) is 11.8 Å². The summed E-state index contributed by atoms with van der Waals surface area (Å²) in [5, 5.41) is 3.92. The van der Waals surface area contributed by atoms with Crippen molar-refractivity contribution in [2.75, 3.05) is 19.3 Å². The van der Waals surface area contributed by atoms with Gasteiger partial charge in [-0.3, -0.25) is 0 Å². The molecule has 11 heavy (non-hydrogen) atoms. The van der Waals surface area contributed by atoms with Crippen molar-refractivity contribution in [1.82, 2.24) is 5.32 Å². The molecule has 0 spiro atoms. The monoisotopic (exact) mass is 171 g/mol. The van der Waals surface area contributed by atoms with Gasteiger partial charge in [0.1, 0.15) is 0 Å². The molecule has 0 aromatic heterocycles. The molecule has 1 unspecified atom stereocenters. The van der Waals surface area contributed by atoms with Crippen LogP contribution in [0.4, 0.5) is 0 Å². The minimum Gasteiger partial charge on any atom is -0.319 e. The van der Waals surface area contributed by atoms with Crippen LogP contribution in [0.15, 0.2) is 12.2 Å². The van der Waals surface area contributed by atoms with Crippen LogP contribution >= 0.6 is 11.8 Å². The van der Waals surface area contributed by atoms with Gasteiger partial charge in [-0.15, -0.1) is 0 Å². The summed E-state index contributed by atoms with van der Waals surface area (Å²) in [7, 11) is 2.00. The highest BCUT2D eigenvalue weighted by Crippen LogP contribution is 2.31. The Morgan fingerprint density at radius 2 is 2.55 bits per heavy atom. The summed E-state index contributed by atoms with van der Waals surface area (Å²) >= 11 is 2.07. The van der Waals surface area contributed by atoms with Crippen molar-refractivity contribution in [1.29, 1.82) is 0 Å². The number of thioether (sulfide) groups is 1. The zero-order valence-corrected chi connectivity index (χ0v) is 8.04. The van der Waals surface area contributed by atoms with E-state index in [0.29, 0.717) is 0 Å². The zero-order valence-electron chi connectivity index (χ0n) is 7.23. The lowest BCUT2D eigenvalue weighted by molar-refractivity contribution is 0.746. The van der Waals surface area contributed by atoms with Crippen LogP contribution in [-0.4, -0.2) is 24.6 Å². The van der Waals surface area contributed by atoms with E-state index < -0.39 is 0 Å². The van der Waals surface area contributed by atoms with Crippen LogP contribution in [0.3, 0.4) is 0 Å². The summed E-state index contributed by atoms with van der Waals surface area (Å²) in [6, 6.07) is 0. The molecule has 2 heteroatoms. The average molecular weight is 171 g/mol. The standard InChI is InChI=1S/C9H17NS/c1-8(5-6-10-2)9-4-3-7-11-9/h9-10H,1,3-7H2,2H3. The quantitative estimate of drug-likeness (QED) is 0.650. The normalized spacial score (nSPS) is 23.9. The Labute approximate surface area is 73.6 Å². The maximum atomic E-state index is 4.11. The Bertz CT molecular complexity index is 128. The smallest absolute Gasteiger partial charge is 0.0254 e. The SMILES string of the molecule is C=C(CCNC)C1CCCS1. The van der Waals surface area contributed by atoms with Crippen LogP contribution in [0.25, 0.3) is 0 Å². The van der Waals surface area contributed by atoms with E-state index in [2.05, 4.69) is 23.7 Å². The maximum absolute atomic E-state index is 4.11. The van der Waals surface area contributed by atoms with Crippen molar-refractivity contribution in [3.05, 3.63) is 12.2 Å². The third-order valence-electron chi connectivity index (χ3n) is 2.08. The topological polar surface area (TPSA) is 12.0 Å². The van der Waals surface area contributed by atoms with E-state index >= 15 is 0 Å². The Morgan fingerprint density at radius 3 is 3.09 bits per heavy atom. The Morgan fingerprint density at radius 1 is 1.73 bits per heavy atom. The molecular formula is C9H17NS. The molecule has 1 nitrogen and oxygen atoms in total. The van der Waals surface area contributed by atoms with Crippen molar-refractivity contribution in [2.45, 2.75) is 24.5 Å². The molecule has 0 aromatic rings. The molecule has 1 N–H and O–H groups in total. The summed E-state index contributed by atoms with van der Waals surface area (Å²) in [4.78, 5) is 0. The molecule has 1 aliphatic heterocycles. The summed E-state index contributed by atoms with van der Waals surface area (Å²) in [5.41, 5.74) is 1.43. The average Bonchev–Trinajstić information content (AvgIpc) is 2.52. The van der Waals surface area contributed by atoms with Gasteiger partial charge in [0.15, 0.2) is 0 Å². The lowest BCUT2D eigenvalue weighted by atomic mass is 10.1. The first kappa shape index (κ1) is 9.14. The van der Waals surface area contributed by atoms with Gasteiger partial charge in [0.05, 0.1) is 0 Å². The van der Waals surface area contributed by atoms with Gasteiger partial charge in [0.2, 0.25) is 0 Å². The highest BCUT2D eigenvalue weighted by Gasteiger charge is 2.17. The van der Waals surface area contributed by atoms with Gasteiger partial charge in [0, 0.05) is 5.25 Å². The number of hydrogen-bond donors (Lipinski definition) is 1. The highest BCUT2D eigenvalue weighted by molar-refractivity contribution is 8.00. The van der Waals surface area contributed by atoms with Gasteiger partial charge >= 0.3 is 0 Å². The molecule has 1 atom stereocenters.